The van der Waals surface area contributed by atoms with Crippen molar-refractivity contribution in [2.45, 2.75) is 13.5 Å². The highest BCUT2D eigenvalue weighted by molar-refractivity contribution is 5.93. The number of fused-ring (bicyclic) bond motifs is 2. The molecule has 10 heteroatoms. The van der Waals surface area contributed by atoms with Crippen molar-refractivity contribution < 1.29 is 14.3 Å². The summed E-state index contributed by atoms with van der Waals surface area (Å²) in [5.41, 5.74) is 4.09. The van der Waals surface area contributed by atoms with E-state index in [0.29, 0.717) is 34.6 Å². The molecule has 0 aliphatic rings. The van der Waals surface area contributed by atoms with Gasteiger partial charge in [-0.15, -0.1) is 10.2 Å². The highest BCUT2D eigenvalue weighted by atomic mass is 16.5. The molecular weight excluding hydrogens is 446 g/mol. The molecule has 0 aliphatic heterocycles. The number of rotatable bonds is 6. The lowest BCUT2D eigenvalue weighted by Gasteiger charge is -2.12. The lowest BCUT2D eigenvalue weighted by Crippen LogP contribution is -1.98. The first-order valence-corrected chi connectivity index (χ1v) is 10.8. The molecule has 10 nitrogen and oxygen atoms in total. The smallest absolute Gasteiger partial charge is 0.224 e. The monoisotopic (exact) mass is 465 g/mol. The minimum atomic E-state index is -0.145. The number of furan rings is 1. The van der Waals surface area contributed by atoms with Crippen molar-refractivity contribution in [2.24, 2.45) is 0 Å². The number of hydrogen-bond acceptors (Lipinski definition) is 9. The maximum Gasteiger partial charge on any atom is 0.224 e. The van der Waals surface area contributed by atoms with Gasteiger partial charge in [-0.1, -0.05) is 0 Å². The summed E-state index contributed by atoms with van der Waals surface area (Å²) in [5.74, 6) is 2.96. The van der Waals surface area contributed by atoms with Crippen molar-refractivity contribution >= 4 is 28.1 Å². The number of aliphatic hydroxyl groups is 1. The predicted octanol–water partition coefficient (Wildman–Crippen LogP) is 4.66. The van der Waals surface area contributed by atoms with Crippen LogP contribution in [0, 0.1) is 6.92 Å². The largest absolute Gasteiger partial charge is 0.459 e. The summed E-state index contributed by atoms with van der Waals surface area (Å²) in [6.45, 7) is 1.82. The van der Waals surface area contributed by atoms with Gasteiger partial charge in [0.25, 0.3) is 0 Å². The number of benzene rings is 2. The van der Waals surface area contributed by atoms with Crippen LogP contribution in [0.2, 0.25) is 0 Å². The first-order chi connectivity index (χ1) is 17.2. The van der Waals surface area contributed by atoms with Crippen molar-refractivity contribution in [3.05, 3.63) is 84.9 Å². The summed E-state index contributed by atoms with van der Waals surface area (Å²) >= 11 is 0. The molecule has 0 aliphatic carbocycles. The fourth-order valence-electron chi connectivity index (χ4n) is 3.78. The van der Waals surface area contributed by atoms with Gasteiger partial charge in [-0.25, -0.2) is 15.0 Å². The van der Waals surface area contributed by atoms with E-state index in [0.717, 1.165) is 27.7 Å². The minimum absolute atomic E-state index is 0.145. The van der Waals surface area contributed by atoms with E-state index in [1.165, 1.54) is 6.33 Å². The lowest BCUT2D eigenvalue weighted by atomic mass is 10.1. The van der Waals surface area contributed by atoms with E-state index >= 15 is 0 Å². The van der Waals surface area contributed by atoms with Crippen LogP contribution in [0.3, 0.4) is 0 Å². The molecule has 0 spiro atoms. The molecule has 4 heterocycles. The first kappa shape index (κ1) is 20.8. The van der Waals surface area contributed by atoms with E-state index in [1.807, 2.05) is 49.4 Å². The number of nitrogens with one attached hydrogen (secondary N) is 1. The summed E-state index contributed by atoms with van der Waals surface area (Å²) in [6, 6.07) is 16.9. The second-order valence-electron chi connectivity index (χ2n) is 7.91. The molecule has 2 aromatic carbocycles. The summed E-state index contributed by atoms with van der Waals surface area (Å²) in [4.78, 5) is 13.1. The number of nitrogens with zero attached hydrogens (tertiary/aromatic N) is 6. The topological polar surface area (TPSA) is 123 Å². The van der Waals surface area contributed by atoms with E-state index in [9.17, 15) is 5.11 Å². The number of aromatic nitrogens is 6. The Bertz CT molecular complexity index is 1670. The zero-order chi connectivity index (χ0) is 23.8. The SMILES string of the molecule is Cc1cc(Nc2ncnc3ccc(-c4ccc(CO)o4)cc23)ccc1Oc1cc2nncn2cn1. The molecule has 0 radical (unpaired) electrons. The third-order valence-corrected chi connectivity index (χ3v) is 5.55. The average molecular weight is 465 g/mol. The van der Waals surface area contributed by atoms with Gasteiger partial charge in [0, 0.05) is 22.7 Å². The minimum Gasteiger partial charge on any atom is -0.459 e. The fourth-order valence-corrected chi connectivity index (χ4v) is 3.78. The molecule has 35 heavy (non-hydrogen) atoms. The van der Waals surface area contributed by atoms with Crippen LogP contribution in [0.25, 0.3) is 27.9 Å². The van der Waals surface area contributed by atoms with Gasteiger partial charge in [0.2, 0.25) is 5.88 Å². The van der Waals surface area contributed by atoms with Crippen LogP contribution >= 0.6 is 0 Å². The van der Waals surface area contributed by atoms with E-state index in [2.05, 4.69) is 30.5 Å². The first-order valence-electron chi connectivity index (χ1n) is 10.8. The Balaban J connectivity index is 1.28. The van der Waals surface area contributed by atoms with Crippen LogP contribution in [0.1, 0.15) is 11.3 Å². The zero-order valence-electron chi connectivity index (χ0n) is 18.6. The maximum absolute atomic E-state index is 9.29. The predicted molar refractivity (Wildman–Crippen MR) is 128 cm³/mol. The summed E-state index contributed by atoms with van der Waals surface area (Å²) in [5, 5.41) is 21.4. The molecule has 0 unspecified atom stereocenters. The maximum atomic E-state index is 9.29. The third kappa shape index (κ3) is 4.02. The average Bonchev–Trinajstić information content (AvgIpc) is 3.55. The van der Waals surface area contributed by atoms with Crippen molar-refractivity contribution in [3.8, 4) is 23.0 Å². The van der Waals surface area contributed by atoms with Crippen molar-refractivity contribution in [1.29, 1.82) is 0 Å². The molecule has 0 saturated heterocycles. The van der Waals surface area contributed by atoms with Crippen LogP contribution in [0.5, 0.6) is 11.6 Å². The Kier molecular flexibility index (Phi) is 5.04. The summed E-state index contributed by atoms with van der Waals surface area (Å²) in [7, 11) is 0. The molecule has 0 amide bonds. The van der Waals surface area contributed by atoms with Gasteiger partial charge < -0.3 is 19.6 Å². The molecule has 172 valence electrons. The molecule has 0 bridgehead atoms. The Morgan fingerprint density at radius 1 is 1.00 bits per heavy atom. The Labute approximate surface area is 198 Å². The number of aliphatic hydroxyl groups excluding tert-OH is 1. The van der Waals surface area contributed by atoms with Crippen LogP contribution < -0.4 is 10.1 Å². The van der Waals surface area contributed by atoms with Gasteiger partial charge >= 0.3 is 0 Å². The van der Waals surface area contributed by atoms with Crippen LogP contribution in [-0.4, -0.2) is 34.7 Å². The Morgan fingerprint density at radius 3 is 2.80 bits per heavy atom. The number of ether oxygens (including phenoxy) is 1. The molecule has 0 fully saturated rings. The molecule has 2 N–H and O–H groups in total. The second-order valence-corrected chi connectivity index (χ2v) is 7.91. The van der Waals surface area contributed by atoms with Gasteiger partial charge in [0.05, 0.1) is 5.52 Å². The van der Waals surface area contributed by atoms with Gasteiger partial charge in [-0.05, 0) is 61.0 Å². The Morgan fingerprint density at radius 2 is 1.94 bits per heavy atom. The van der Waals surface area contributed by atoms with E-state index in [1.54, 1.807) is 29.2 Å². The highest BCUT2D eigenvalue weighted by Crippen LogP contribution is 2.31. The molecule has 6 rings (SSSR count). The van der Waals surface area contributed by atoms with Crippen molar-refractivity contribution in [1.82, 2.24) is 29.5 Å². The van der Waals surface area contributed by atoms with Crippen molar-refractivity contribution in [2.75, 3.05) is 5.32 Å². The standard InChI is InChI=1S/C25H19N7O3/c1-15-8-17(3-6-21(15)35-24-10-23-31-29-14-32(23)13-28-24)30-25-19-9-16(2-5-20(19)26-12-27-25)22-7-4-18(11-33)34-22/h2-10,12-14,33H,11H2,1H3,(H,26,27,30). The van der Waals surface area contributed by atoms with Crippen molar-refractivity contribution in [3.63, 3.8) is 0 Å². The molecular formula is C25H19N7O3. The number of hydrogen-bond donors (Lipinski definition) is 2. The van der Waals surface area contributed by atoms with Crippen LogP contribution in [-0.2, 0) is 6.61 Å². The van der Waals surface area contributed by atoms with E-state index < -0.39 is 0 Å². The highest BCUT2D eigenvalue weighted by Gasteiger charge is 2.11. The quantitative estimate of drug-likeness (QED) is 0.361. The molecule has 4 aromatic heterocycles. The number of anilines is 2. The van der Waals surface area contributed by atoms with Gasteiger partial charge in [-0.2, -0.15) is 0 Å². The van der Waals surface area contributed by atoms with Gasteiger partial charge in [0.15, 0.2) is 5.65 Å². The molecule has 6 aromatic rings. The molecule has 0 atom stereocenters. The van der Waals surface area contributed by atoms with E-state index in [-0.39, 0.29) is 6.61 Å². The zero-order valence-corrected chi connectivity index (χ0v) is 18.6. The normalized spacial score (nSPS) is 11.3. The lowest BCUT2D eigenvalue weighted by molar-refractivity contribution is 0.248. The van der Waals surface area contributed by atoms with Crippen LogP contribution in [0.15, 0.2) is 78.0 Å². The van der Waals surface area contributed by atoms with Crippen LogP contribution in [0.4, 0.5) is 11.5 Å². The third-order valence-electron chi connectivity index (χ3n) is 5.55. The van der Waals surface area contributed by atoms with E-state index in [4.69, 9.17) is 9.15 Å². The molecule has 0 saturated carbocycles. The Hall–Kier alpha value is -4.83. The number of aryl methyl sites for hydroxylation is 1. The van der Waals surface area contributed by atoms with Gasteiger partial charge in [0.1, 0.15) is 48.7 Å². The fraction of sp³-hybridized carbons (Fsp3) is 0.0800. The summed E-state index contributed by atoms with van der Waals surface area (Å²) < 4.78 is 13.4. The summed E-state index contributed by atoms with van der Waals surface area (Å²) in [6.07, 6.45) is 4.72. The van der Waals surface area contributed by atoms with Gasteiger partial charge in [-0.3, -0.25) is 4.40 Å². The second kappa shape index (κ2) is 8.50.